The first-order valence-corrected chi connectivity index (χ1v) is 9.31. The van der Waals surface area contributed by atoms with Crippen LogP contribution < -0.4 is 10.6 Å². The maximum Gasteiger partial charge on any atom is 0.351 e. The van der Waals surface area contributed by atoms with Crippen LogP contribution >= 0.6 is 11.3 Å². The Balaban J connectivity index is 1.81. The molecular formula is C20H21N3O3S. The van der Waals surface area contributed by atoms with E-state index in [2.05, 4.69) is 4.98 Å². The molecule has 1 amide bonds. The maximum absolute atomic E-state index is 12.6. The highest BCUT2D eigenvalue weighted by Crippen LogP contribution is 2.35. The predicted molar refractivity (Wildman–Crippen MR) is 108 cm³/mol. The van der Waals surface area contributed by atoms with Crippen LogP contribution in [0.25, 0.3) is 10.2 Å². The molecule has 0 saturated carbocycles. The Morgan fingerprint density at radius 3 is 2.56 bits per heavy atom. The summed E-state index contributed by atoms with van der Waals surface area (Å²) in [5, 5.41) is 0.762. The third kappa shape index (κ3) is 3.64. The molecule has 27 heavy (non-hydrogen) atoms. The standard InChI is InChI=1S/C20H21N3O3S/c1-11-10-12(2)22-18-15(11)16(21)17(27-18)20(25)26-13(3)19(24)23(4)14-8-6-5-7-9-14/h5-10,13H,21H2,1-4H3/t13-/m0/s1. The number of aryl methyl sites for hydroxylation is 2. The molecule has 3 aromatic rings. The van der Waals surface area contributed by atoms with E-state index >= 15 is 0 Å². The van der Waals surface area contributed by atoms with Gasteiger partial charge in [-0.25, -0.2) is 9.78 Å². The quantitative estimate of drug-likeness (QED) is 0.694. The number of nitrogens with zero attached hydrogens (tertiary/aromatic N) is 2. The van der Waals surface area contributed by atoms with Gasteiger partial charge in [-0.1, -0.05) is 18.2 Å². The fraction of sp³-hybridized carbons (Fsp3) is 0.250. The second-order valence-corrected chi connectivity index (χ2v) is 7.38. The van der Waals surface area contributed by atoms with Gasteiger partial charge in [-0.15, -0.1) is 11.3 Å². The number of esters is 1. The molecule has 2 heterocycles. The molecule has 7 heteroatoms. The molecule has 0 bridgehead atoms. The summed E-state index contributed by atoms with van der Waals surface area (Å²) in [4.78, 5) is 32.1. The first-order valence-electron chi connectivity index (χ1n) is 8.49. The number of para-hydroxylation sites is 1. The number of nitrogen functional groups attached to an aromatic ring is 1. The second kappa shape index (κ2) is 7.36. The number of aromatic nitrogens is 1. The van der Waals surface area contributed by atoms with Crippen LogP contribution in [-0.2, 0) is 9.53 Å². The van der Waals surface area contributed by atoms with Crippen molar-refractivity contribution in [3.63, 3.8) is 0 Å². The van der Waals surface area contributed by atoms with Crippen LogP contribution in [0.1, 0.15) is 27.9 Å². The van der Waals surface area contributed by atoms with Crippen LogP contribution in [0.4, 0.5) is 11.4 Å². The molecule has 0 fully saturated rings. The van der Waals surface area contributed by atoms with Crippen molar-refractivity contribution in [2.45, 2.75) is 26.9 Å². The summed E-state index contributed by atoms with van der Waals surface area (Å²) in [6.45, 7) is 5.37. The third-order valence-electron chi connectivity index (χ3n) is 4.32. The molecule has 6 nitrogen and oxygen atoms in total. The van der Waals surface area contributed by atoms with E-state index in [0.717, 1.165) is 22.3 Å². The Bertz CT molecular complexity index is 1010. The summed E-state index contributed by atoms with van der Waals surface area (Å²) in [7, 11) is 1.64. The lowest BCUT2D eigenvalue weighted by Gasteiger charge is -2.21. The number of amides is 1. The second-order valence-electron chi connectivity index (χ2n) is 6.39. The van der Waals surface area contributed by atoms with Crippen LogP contribution in [-0.4, -0.2) is 30.0 Å². The maximum atomic E-state index is 12.6. The van der Waals surface area contributed by atoms with Crippen LogP contribution in [0.5, 0.6) is 0 Å². The van der Waals surface area contributed by atoms with Crippen molar-refractivity contribution in [2.75, 3.05) is 17.7 Å². The topological polar surface area (TPSA) is 85.5 Å². The summed E-state index contributed by atoms with van der Waals surface area (Å²) in [6, 6.07) is 11.1. The fourth-order valence-electron chi connectivity index (χ4n) is 2.94. The van der Waals surface area contributed by atoms with Crippen molar-refractivity contribution in [1.82, 2.24) is 4.98 Å². The lowest BCUT2D eigenvalue weighted by molar-refractivity contribution is -0.126. The van der Waals surface area contributed by atoms with Gasteiger partial charge in [0.05, 0.1) is 5.69 Å². The van der Waals surface area contributed by atoms with Crippen molar-refractivity contribution in [2.24, 2.45) is 0 Å². The smallest absolute Gasteiger partial charge is 0.351 e. The Kier molecular flexibility index (Phi) is 5.14. The molecule has 0 aliphatic carbocycles. The summed E-state index contributed by atoms with van der Waals surface area (Å²) in [5.41, 5.74) is 9.05. The van der Waals surface area contributed by atoms with E-state index in [0.29, 0.717) is 10.5 Å². The SMILES string of the molecule is Cc1cc(C)c2c(N)c(C(=O)O[C@@H](C)C(=O)N(C)c3ccccc3)sc2n1. The normalized spacial score (nSPS) is 12.0. The summed E-state index contributed by atoms with van der Waals surface area (Å²) in [5.74, 6) is -0.936. The van der Waals surface area contributed by atoms with Gasteiger partial charge in [-0.05, 0) is 44.5 Å². The molecule has 3 rings (SSSR count). The number of fused-ring (bicyclic) bond motifs is 1. The number of benzene rings is 1. The first kappa shape index (κ1) is 18.8. The average molecular weight is 383 g/mol. The van der Waals surface area contributed by atoms with Crippen molar-refractivity contribution < 1.29 is 14.3 Å². The number of rotatable bonds is 4. The van der Waals surface area contributed by atoms with Gasteiger partial charge in [0.25, 0.3) is 5.91 Å². The number of ether oxygens (including phenoxy) is 1. The van der Waals surface area contributed by atoms with E-state index in [1.807, 2.05) is 50.2 Å². The molecule has 0 aliphatic rings. The number of nitrogens with two attached hydrogens (primary N) is 1. The lowest BCUT2D eigenvalue weighted by Crippen LogP contribution is -2.37. The highest BCUT2D eigenvalue weighted by molar-refractivity contribution is 7.21. The fourth-order valence-corrected chi connectivity index (χ4v) is 4.04. The molecule has 0 aliphatic heterocycles. The van der Waals surface area contributed by atoms with Crippen LogP contribution in [0, 0.1) is 13.8 Å². The molecule has 2 N–H and O–H groups in total. The molecule has 0 spiro atoms. The van der Waals surface area contributed by atoms with Gasteiger partial charge in [0.15, 0.2) is 6.10 Å². The molecule has 1 aromatic carbocycles. The van der Waals surface area contributed by atoms with Crippen LogP contribution in [0.3, 0.4) is 0 Å². The van der Waals surface area contributed by atoms with Gasteiger partial charge in [0.2, 0.25) is 0 Å². The average Bonchev–Trinajstić information content (AvgIpc) is 2.97. The molecule has 0 radical (unpaired) electrons. The minimum Gasteiger partial charge on any atom is -0.448 e. The highest BCUT2D eigenvalue weighted by Gasteiger charge is 2.26. The molecule has 1 atom stereocenters. The predicted octanol–water partition coefficient (Wildman–Crippen LogP) is 3.70. The van der Waals surface area contributed by atoms with Crippen molar-refractivity contribution in [3.8, 4) is 0 Å². The number of hydrogen-bond donors (Lipinski definition) is 1. The van der Waals surface area contributed by atoms with Crippen molar-refractivity contribution >= 4 is 44.8 Å². The zero-order chi connectivity index (χ0) is 19.7. The number of hydrogen-bond acceptors (Lipinski definition) is 6. The number of pyridine rings is 1. The van der Waals surface area contributed by atoms with Gasteiger partial charge in [-0.3, -0.25) is 4.79 Å². The van der Waals surface area contributed by atoms with Crippen LogP contribution in [0.15, 0.2) is 36.4 Å². The molecule has 2 aromatic heterocycles. The Hall–Kier alpha value is -2.93. The number of likely N-dealkylation sites (N-methyl/N-ethyl adjacent to an activating group) is 1. The largest absolute Gasteiger partial charge is 0.448 e. The van der Waals surface area contributed by atoms with Gasteiger partial charge in [0.1, 0.15) is 9.71 Å². The van der Waals surface area contributed by atoms with Gasteiger partial charge in [-0.2, -0.15) is 0 Å². The number of anilines is 2. The molecule has 0 unspecified atom stereocenters. The zero-order valence-corrected chi connectivity index (χ0v) is 16.5. The minimum atomic E-state index is -0.942. The van der Waals surface area contributed by atoms with Crippen LogP contribution in [0.2, 0.25) is 0 Å². The van der Waals surface area contributed by atoms with Gasteiger partial charge >= 0.3 is 5.97 Å². The summed E-state index contributed by atoms with van der Waals surface area (Å²) < 4.78 is 5.39. The Labute approximate surface area is 161 Å². The number of carbonyl (C=O) groups is 2. The van der Waals surface area contributed by atoms with E-state index in [1.165, 1.54) is 16.2 Å². The molecule has 140 valence electrons. The van der Waals surface area contributed by atoms with E-state index in [9.17, 15) is 9.59 Å². The van der Waals surface area contributed by atoms with E-state index < -0.39 is 12.1 Å². The third-order valence-corrected chi connectivity index (χ3v) is 5.39. The Morgan fingerprint density at radius 1 is 1.22 bits per heavy atom. The summed E-state index contributed by atoms with van der Waals surface area (Å²) in [6.07, 6.45) is -0.942. The number of thiophene rings is 1. The van der Waals surface area contributed by atoms with E-state index in [4.69, 9.17) is 10.5 Å². The minimum absolute atomic E-state index is 0.271. The van der Waals surface area contributed by atoms with Gasteiger partial charge < -0.3 is 15.4 Å². The molecule has 0 saturated heterocycles. The van der Waals surface area contributed by atoms with Gasteiger partial charge in [0, 0.05) is 23.8 Å². The molecular weight excluding hydrogens is 362 g/mol. The first-order chi connectivity index (χ1) is 12.8. The number of carbonyl (C=O) groups excluding carboxylic acids is 2. The van der Waals surface area contributed by atoms with Crippen molar-refractivity contribution in [3.05, 3.63) is 52.5 Å². The van der Waals surface area contributed by atoms with E-state index in [1.54, 1.807) is 14.0 Å². The Morgan fingerprint density at radius 2 is 1.89 bits per heavy atom. The van der Waals surface area contributed by atoms with Crippen molar-refractivity contribution in [1.29, 1.82) is 0 Å². The lowest BCUT2D eigenvalue weighted by atomic mass is 10.1. The van der Waals surface area contributed by atoms with E-state index in [-0.39, 0.29) is 10.8 Å². The zero-order valence-electron chi connectivity index (χ0n) is 15.6. The highest BCUT2D eigenvalue weighted by atomic mass is 32.1. The summed E-state index contributed by atoms with van der Waals surface area (Å²) >= 11 is 1.18. The monoisotopic (exact) mass is 383 g/mol.